The molecule has 0 aliphatic heterocycles. The summed E-state index contributed by atoms with van der Waals surface area (Å²) in [5.41, 5.74) is 5.30. The van der Waals surface area contributed by atoms with Crippen molar-refractivity contribution in [2.45, 2.75) is 0 Å². The van der Waals surface area contributed by atoms with Gasteiger partial charge in [-0.2, -0.15) is 20.1 Å². The van der Waals surface area contributed by atoms with Crippen LogP contribution in [-0.2, 0) is 0 Å². The van der Waals surface area contributed by atoms with E-state index in [9.17, 15) is 0 Å². The molecule has 0 saturated heterocycles. The van der Waals surface area contributed by atoms with Crippen LogP contribution < -0.4 is 16.7 Å². The van der Waals surface area contributed by atoms with Crippen LogP contribution in [0.15, 0.2) is 18.5 Å². The van der Waals surface area contributed by atoms with Crippen LogP contribution in [0.5, 0.6) is 0 Å². The highest BCUT2D eigenvalue weighted by atomic mass is 15.5. The summed E-state index contributed by atoms with van der Waals surface area (Å²) in [5.74, 6) is 6.31. The molecular weight excluding hydrogens is 222 g/mol. The lowest BCUT2D eigenvalue weighted by Gasteiger charge is -2.12. The van der Waals surface area contributed by atoms with Gasteiger partial charge in [0, 0.05) is 26.5 Å². The molecule has 0 aromatic carbocycles. The second kappa shape index (κ2) is 4.72. The van der Waals surface area contributed by atoms with Gasteiger partial charge in [-0.25, -0.2) is 15.5 Å². The van der Waals surface area contributed by atoms with Crippen LogP contribution in [0.3, 0.4) is 0 Å². The fourth-order valence-electron chi connectivity index (χ4n) is 1.17. The number of hydrogen-bond acceptors (Lipinski definition) is 8. The van der Waals surface area contributed by atoms with Crippen LogP contribution in [0.25, 0.3) is 5.95 Å². The van der Waals surface area contributed by atoms with E-state index in [0.717, 1.165) is 0 Å². The summed E-state index contributed by atoms with van der Waals surface area (Å²) in [4.78, 5) is 12.3. The third kappa shape index (κ3) is 2.65. The average molecular weight is 235 g/mol. The fraction of sp³-hybridized carbons (Fsp3) is 0.250. The van der Waals surface area contributed by atoms with Gasteiger partial charge in [-0.15, -0.1) is 0 Å². The Morgan fingerprint density at radius 3 is 2.59 bits per heavy atom. The van der Waals surface area contributed by atoms with Crippen molar-refractivity contribution in [3.63, 3.8) is 0 Å². The van der Waals surface area contributed by atoms with Gasteiger partial charge in [-0.3, -0.25) is 10.9 Å². The van der Waals surface area contributed by atoms with E-state index >= 15 is 0 Å². The Morgan fingerprint density at radius 2 is 2.00 bits per heavy atom. The maximum atomic E-state index is 5.30. The lowest BCUT2D eigenvalue weighted by Crippen LogP contribution is -2.23. The van der Waals surface area contributed by atoms with Crippen LogP contribution in [0.2, 0.25) is 0 Å². The number of hydrazine groups is 2. The highest BCUT2D eigenvalue weighted by Crippen LogP contribution is 2.07. The molecule has 0 radical (unpaired) electrons. The first-order valence-electron chi connectivity index (χ1n) is 4.86. The molecule has 2 aromatic heterocycles. The van der Waals surface area contributed by atoms with E-state index in [2.05, 4.69) is 30.9 Å². The summed E-state index contributed by atoms with van der Waals surface area (Å²) in [5, 5.41) is 5.75. The molecule has 0 bridgehead atoms. The molecule has 0 saturated carbocycles. The summed E-state index contributed by atoms with van der Waals surface area (Å²) < 4.78 is 1.52. The first-order valence-corrected chi connectivity index (χ1v) is 4.86. The fourth-order valence-corrected chi connectivity index (χ4v) is 1.17. The summed E-state index contributed by atoms with van der Waals surface area (Å²) in [6, 6.07) is 1.78. The second-order valence-electron chi connectivity index (χ2n) is 3.38. The summed E-state index contributed by atoms with van der Waals surface area (Å²) >= 11 is 0. The molecule has 9 nitrogen and oxygen atoms in total. The quantitative estimate of drug-likeness (QED) is 0.468. The van der Waals surface area contributed by atoms with Gasteiger partial charge in [0.05, 0.1) is 0 Å². The zero-order valence-corrected chi connectivity index (χ0v) is 9.49. The van der Waals surface area contributed by atoms with Gasteiger partial charge in [0.25, 0.3) is 5.95 Å². The first-order chi connectivity index (χ1) is 8.19. The number of aromatic nitrogens is 5. The van der Waals surface area contributed by atoms with Crippen molar-refractivity contribution in [2.24, 2.45) is 5.84 Å². The predicted octanol–water partition coefficient (Wildman–Crippen LogP) is -0.769. The van der Waals surface area contributed by atoms with Crippen molar-refractivity contribution in [1.29, 1.82) is 0 Å². The number of nitrogens with zero attached hydrogens (tertiary/aromatic N) is 6. The van der Waals surface area contributed by atoms with Crippen molar-refractivity contribution >= 4 is 11.9 Å². The topological polar surface area (TPSA) is 110 Å². The van der Waals surface area contributed by atoms with Gasteiger partial charge in [0.15, 0.2) is 0 Å². The van der Waals surface area contributed by atoms with Gasteiger partial charge in [-0.05, 0) is 6.07 Å². The Kier molecular flexibility index (Phi) is 3.12. The Hall–Kier alpha value is -2.26. The molecule has 0 unspecified atom stereocenters. The Balaban J connectivity index is 2.38. The molecule has 0 fully saturated rings. The van der Waals surface area contributed by atoms with Crippen molar-refractivity contribution < 1.29 is 0 Å². The molecule has 0 spiro atoms. The standard InChI is InChI=1S/C8H13N9/c1-16(2)15-7-11-6(14-9)12-8(13-7)17-5-3-4-10-17/h3-5H,9H2,1-2H3,(H2,11,12,13,14,15). The van der Waals surface area contributed by atoms with Crippen molar-refractivity contribution in [3.8, 4) is 5.95 Å². The number of nitrogens with one attached hydrogen (secondary N) is 2. The van der Waals surface area contributed by atoms with E-state index in [-0.39, 0.29) is 5.95 Å². The lowest BCUT2D eigenvalue weighted by atomic mass is 10.7. The number of hydrogen-bond donors (Lipinski definition) is 3. The molecule has 0 atom stereocenters. The minimum absolute atomic E-state index is 0.259. The molecule has 2 aromatic rings. The monoisotopic (exact) mass is 235 g/mol. The maximum Gasteiger partial charge on any atom is 0.257 e. The molecule has 4 N–H and O–H groups in total. The van der Waals surface area contributed by atoms with Crippen LogP contribution in [-0.4, -0.2) is 43.8 Å². The molecule has 90 valence electrons. The maximum absolute atomic E-state index is 5.30. The molecule has 0 aliphatic rings. The summed E-state index contributed by atoms with van der Waals surface area (Å²) in [6.45, 7) is 0. The lowest BCUT2D eigenvalue weighted by molar-refractivity contribution is 0.488. The molecule has 2 heterocycles. The minimum atomic E-state index is 0.259. The minimum Gasteiger partial charge on any atom is -0.292 e. The number of rotatable bonds is 4. The Morgan fingerprint density at radius 1 is 1.24 bits per heavy atom. The van der Waals surface area contributed by atoms with E-state index in [4.69, 9.17) is 5.84 Å². The van der Waals surface area contributed by atoms with E-state index in [1.807, 2.05) is 14.1 Å². The van der Waals surface area contributed by atoms with Crippen molar-refractivity contribution in [1.82, 2.24) is 29.7 Å². The van der Waals surface area contributed by atoms with Gasteiger partial charge in [0.2, 0.25) is 11.9 Å². The second-order valence-corrected chi connectivity index (χ2v) is 3.38. The summed E-state index contributed by atoms with van der Waals surface area (Å²) in [7, 11) is 3.65. The van der Waals surface area contributed by atoms with Gasteiger partial charge in [-0.1, -0.05) is 0 Å². The normalized spacial score (nSPS) is 10.6. The molecule has 9 heteroatoms. The van der Waals surface area contributed by atoms with E-state index in [1.165, 1.54) is 4.68 Å². The van der Waals surface area contributed by atoms with Crippen LogP contribution >= 0.6 is 0 Å². The smallest absolute Gasteiger partial charge is 0.257 e. The highest BCUT2D eigenvalue weighted by molar-refractivity contribution is 5.36. The number of nitrogens with two attached hydrogens (primary N) is 1. The largest absolute Gasteiger partial charge is 0.292 e. The van der Waals surface area contributed by atoms with Gasteiger partial charge >= 0.3 is 0 Å². The molecule has 0 aliphatic carbocycles. The summed E-state index contributed by atoms with van der Waals surface area (Å²) in [6.07, 6.45) is 3.37. The SMILES string of the molecule is CN(C)Nc1nc(NN)nc(-n2cccn2)n1. The van der Waals surface area contributed by atoms with Crippen molar-refractivity contribution in [2.75, 3.05) is 24.9 Å². The molecule has 0 amide bonds. The molecule has 17 heavy (non-hydrogen) atoms. The molecule has 2 rings (SSSR count). The molecular formula is C8H13N9. The average Bonchev–Trinajstić information content (AvgIpc) is 2.81. The third-order valence-corrected chi connectivity index (χ3v) is 1.79. The Bertz CT molecular complexity index is 478. The van der Waals surface area contributed by atoms with E-state index in [1.54, 1.807) is 23.5 Å². The Labute approximate surface area is 97.6 Å². The third-order valence-electron chi connectivity index (χ3n) is 1.79. The first kappa shape index (κ1) is 11.2. The van der Waals surface area contributed by atoms with Gasteiger partial charge in [0.1, 0.15) is 0 Å². The van der Waals surface area contributed by atoms with E-state index in [0.29, 0.717) is 11.9 Å². The van der Waals surface area contributed by atoms with Gasteiger partial charge < -0.3 is 0 Å². The zero-order chi connectivity index (χ0) is 12.3. The number of anilines is 2. The van der Waals surface area contributed by atoms with E-state index < -0.39 is 0 Å². The van der Waals surface area contributed by atoms with Crippen molar-refractivity contribution in [3.05, 3.63) is 18.5 Å². The number of nitrogen functional groups attached to an aromatic ring is 1. The predicted molar refractivity (Wildman–Crippen MR) is 62.1 cm³/mol. The van der Waals surface area contributed by atoms with Crippen LogP contribution in [0, 0.1) is 0 Å². The zero-order valence-electron chi connectivity index (χ0n) is 9.49. The van der Waals surface area contributed by atoms with Crippen LogP contribution in [0.1, 0.15) is 0 Å². The highest BCUT2D eigenvalue weighted by Gasteiger charge is 2.07. The van der Waals surface area contributed by atoms with Crippen LogP contribution in [0.4, 0.5) is 11.9 Å².